The fourth-order valence-electron chi connectivity index (χ4n) is 2.61. The van der Waals surface area contributed by atoms with E-state index in [-0.39, 0.29) is 0 Å². The first-order chi connectivity index (χ1) is 10.3. The van der Waals surface area contributed by atoms with E-state index in [4.69, 9.17) is 9.47 Å². The molecule has 0 radical (unpaired) electrons. The number of fused-ring (bicyclic) bond motifs is 1. The Hall–Kier alpha value is -1.52. The van der Waals surface area contributed by atoms with Gasteiger partial charge in [0, 0.05) is 35.8 Å². The predicted molar refractivity (Wildman–Crippen MR) is 87.8 cm³/mol. The third-order valence-electron chi connectivity index (χ3n) is 3.55. The lowest BCUT2D eigenvalue weighted by atomic mass is 10.1. The van der Waals surface area contributed by atoms with Gasteiger partial charge in [-0.15, -0.1) is 0 Å². The molecule has 0 fully saturated rings. The van der Waals surface area contributed by atoms with Crippen molar-refractivity contribution in [3.05, 3.63) is 57.6 Å². The highest BCUT2D eigenvalue weighted by Crippen LogP contribution is 2.33. The maximum Gasteiger partial charge on any atom is 0.127 e. The highest BCUT2D eigenvalue weighted by molar-refractivity contribution is 9.10. The summed E-state index contributed by atoms with van der Waals surface area (Å²) in [6.45, 7) is 2.16. The summed E-state index contributed by atoms with van der Waals surface area (Å²) in [5.74, 6) is 1.04. The second kappa shape index (κ2) is 6.50. The van der Waals surface area contributed by atoms with Gasteiger partial charge in [0.05, 0.1) is 13.2 Å². The number of ether oxygens (including phenoxy) is 2. The monoisotopic (exact) mass is 347 g/mol. The van der Waals surface area contributed by atoms with E-state index in [2.05, 4.69) is 51.6 Å². The summed E-state index contributed by atoms with van der Waals surface area (Å²) in [5, 5.41) is 3.46. The molecule has 0 atom stereocenters. The zero-order valence-corrected chi connectivity index (χ0v) is 13.6. The Morgan fingerprint density at radius 3 is 3.05 bits per heavy atom. The third-order valence-corrected chi connectivity index (χ3v) is 4.00. The van der Waals surface area contributed by atoms with Gasteiger partial charge in [-0.3, -0.25) is 0 Å². The van der Waals surface area contributed by atoms with Crippen LogP contribution in [0.25, 0.3) is 0 Å². The summed E-state index contributed by atoms with van der Waals surface area (Å²) < 4.78 is 12.0. The molecule has 0 unspecified atom stereocenters. The summed E-state index contributed by atoms with van der Waals surface area (Å²) in [6, 6.07) is 12.6. The molecule has 0 aromatic heterocycles. The molecular formula is C17H18BrNO2. The molecule has 0 spiro atoms. The van der Waals surface area contributed by atoms with Gasteiger partial charge in [0.15, 0.2) is 0 Å². The van der Waals surface area contributed by atoms with Crippen molar-refractivity contribution in [1.29, 1.82) is 0 Å². The van der Waals surface area contributed by atoms with Gasteiger partial charge < -0.3 is 14.8 Å². The molecule has 2 aromatic rings. The van der Waals surface area contributed by atoms with E-state index in [1.54, 1.807) is 7.11 Å². The Kier molecular flexibility index (Phi) is 4.46. The number of rotatable bonds is 5. The van der Waals surface area contributed by atoms with Gasteiger partial charge in [0.25, 0.3) is 0 Å². The molecule has 110 valence electrons. The zero-order valence-electron chi connectivity index (χ0n) is 12.0. The molecular weight excluding hydrogens is 330 g/mol. The minimum absolute atomic E-state index is 0.630. The maximum absolute atomic E-state index is 5.75. The molecule has 2 aromatic carbocycles. The van der Waals surface area contributed by atoms with Gasteiger partial charge in [-0.25, -0.2) is 0 Å². The van der Waals surface area contributed by atoms with Crippen LogP contribution in [0, 0.1) is 0 Å². The number of methoxy groups -OCH3 is 1. The van der Waals surface area contributed by atoms with E-state index in [0.717, 1.165) is 35.5 Å². The zero-order chi connectivity index (χ0) is 14.7. The highest BCUT2D eigenvalue weighted by atomic mass is 79.9. The van der Waals surface area contributed by atoms with Crippen LogP contribution in [-0.4, -0.2) is 13.7 Å². The number of anilines is 1. The van der Waals surface area contributed by atoms with Gasteiger partial charge in [-0.05, 0) is 35.4 Å². The van der Waals surface area contributed by atoms with Crippen LogP contribution in [0.15, 0.2) is 40.9 Å². The molecule has 1 heterocycles. The van der Waals surface area contributed by atoms with Crippen molar-refractivity contribution in [3.63, 3.8) is 0 Å². The second-order valence-corrected chi connectivity index (χ2v) is 6.05. The van der Waals surface area contributed by atoms with Crippen LogP contribution in [-0.2, 0) is 24.3 Å². The number of nitrogens with one attached hydrogen (secondary N) is 1. The molecule has 0 aliphatic carbocycles. The summed E-state index contributed by atoms with van der Waals surface area (Å²) in [5.41, 5.74) is 4.73. The van der Waals surface area contributed by atoms with E-state index >= 15 is 0 Å². The predicted octanol–water partition coefficient (Wildman–Crippen LogP) is 4.14. The maximum atomic E-state index is 5.75. The molecule has 1 N–H and O–H groups in total. The molecule has 4 heteroatoms. The Morgan fingerprint density at radius 1 is 1.29 bits per heavy atom. The molecule has 21 heavy (non-hydrogen) atoms. The van der Waals surface area contributed by atoms with E-state index in [0.29, 0.717) is 6.61 Å². The Balaban J connectivity index is 1.75. The smallest absolute Gasteiger partial charge is 0.127 e. The minimum atomic E-state index is 0.630. The van der Waals surface area contributed by atoms with Gasteiger partial charge in [-0.2, -0.15) is 0 Å². The van der Waals surface area contributed by atoms with Crippen LogP contribution in [0.4, 0.5) is 5.69 Å². The van der Waals surface area contributed by atoms with Gasteiger partial charge in [-0.1, -0.05) is 28.1 Å². The van der Waals surface area contributed by atoms with Crippen molar-refractivity contribution in [2.24, 2.45) is 0 Å². The quantitative estimate of drug-likeness (QED) is 0.881. The van der Waals surface area contributed by atoms with Gasteiger partial charge >= 0.3 is 0 Å². The largest absolute Gasteiger partial charge is 0.493 e. The molecule has 0 amide bonds. The number of hydrogen-bond acceptors (Lipinski definition) is 3. The Labute approximate surface area is 133 Å². The van der Waals surface area contributed by atoms with E-state index in [9.17, 15) is 0 Å². The molecule has 0 saturated carbocycles. The second-order valence-electron chi connectivity index (χ2n) is 5.14. The molecule has 1 aliphatic heterocycles. The van der Waals surface area contributed by atoms with E-state index in [1.807, 2.05) is 6.07 Å². The van der Waals surface area contributed by atoms with Crippen LogP contribution in [0.1, 0.15) is 16.7 Å². The van der Waals surface area contributed by atoms with E-state index < -0.39 is 0 Å². The van der Waals surface area contributed by atoms with Crippen molar-refractivity contribution >= 4 is 21.6 Å². The van der Waals surface area contributed by atoms with Crippen molar-refractivity contribution in [2.75, 3.05) is 19.0 Å². The lowest BCUT2D eigenvalue weighted by Gasteiger charge is -2.12. The molecule has 3 nitrogen and oxygen atoms in total. The molecule has 0 bridgehead atoms. The lowest BCUT2D eigenvalue weighted by molar-refractivity contribution is 0.185. The van der Waals surface area contributed by atoms with Gasteiger partial charge in [0.2, 0.25) is 0 Å². The first-order valence-corrected chi connectivity index (χ1v) is 7.81. The number of benzene rings is 2. The highest BCUT2D eigenvalue weighted by Gasteiger charge is 2.17. The topological polar surface area (TPSA) is 30.5 Å². The van der Waals surface area contributed by atoms with Crippen molar-refractivity contribution in [1.82, 2.24) is 0 Å². The number of hydrogen-bond donors (Lipinski definition) is 1. The summed E-state index contributed by atoms with van der Waals surface area (Å²) in [7, 11) is 1.71. The first kappa shape index (κ1) is 14.4. The average molecular weight is 348 g/mol. The fourth-order valence-corrected chi connectivity index (χ4v) is 3.17. The van der Waals surface area contributed by atoms with Gasteiger partial charge in [0.1, 0.15) is 5.75 Å². The normalized spacial score (nSPS) is 12.9. The Morgan fingerprint density at radius 2 is 2.19 bits per heavy atom. The van der Waals surface area contributed by atoms with Crippen LogP contribution in [0.5, 0.6) is 5.75 Å². The standard InChI is InChI=1S/C17H18BrNO2/c1-20-11-12-3-2-4-16(7-12)19-10-14-9-15(18)8-13-5-6-21-17(13)14/h2-4,7-9,19H,5-6,10-11H2,1H3. The Bertz CT molecular complexity index is 643. The van der Waals surface area contributed by atoms with E-state index in [1.165, 1.54) is 16.7 Å². The van der Waals surface area contributed by atoms with Crippen molar-refractivity contribution in [3.8, 4) is 5.75 Å². The SMILES string of the molecule is COCc1cccc(NCc2cc(Br)cc3c2OCC3)c1. The van der Waals surface area contributed by atoms with Crippen LogP contribution in [0.2, 0.25) is 0 Å². The third kappa shape index (κ3) is 3.39. The molecule has 1 aliphatic rings. The minimum Gasteiger partial charge on any atom is -0.493 e. The van der Waals surface area contributed by atoms with Crippen LogP contribution < -0.4 is 10.1 Å². The summed E-state index contributed by atoms with van der Waals surface area (Å²) in [4.78, 5) is 0. The van der Waals surface area contributed by atoms with Crippen molar-refractivity contribution < 1.29 is 9.47 Å². The first-order valence-electron chi connectivity index (χ1n) is 7.02. The molecule has 3 rings (SSSR count). The van der Waals surface area contributed by atoms with Crippen LogP contribution >= 0.6 is 15.9 Å². The van der Waals surface area contributed by atoms with Crippen molar-refractivity contribution in [2.45, 2.75) is 19.6 Å². The number of halogens is 1. The lowest BCUT2D eigenvalue weighted by Crippen LogP contribution is -2.02. The molecule has 0 saturated heterocycles. The fraction of sp³-hybridized carbons (Fsp3) is 0.294. The summed E-state index contributed by atoms with van der Waals surface area (Å²) in [6.07, 6.45) is 0.991. The average Bonchev–Trinajstić information content (AvgIpc) is 2.93. The van der Waals surface area contributed by atoms with Crippen LogP contribution in [0.3, 0.4) is 0 Å². The summed E-state index contributed by atoms with van der Waals surface area (Å²) >= 11 is 3.57.